The number of phenolic OH excluding ortho intramolecular Hbond substituents is 1. The number of allylic oxidation sites excluding steroid dienone is 3. The predicted molar refractivity (Wildman–Crippen MR) is 94.8 cm³/mol. The molecular formula is C19H16N2O4. The predicted octanol–water partition coefficient (Wildman–Crippen LogP) is 3.11. The number of carbonyl (C=O) groups excluding carboxylic acids is 1. The van der Waals surface area contributed by atoms with Crippen molar-refractivity contribution in [3.05, 3.63) is 71.8 Å². The fourth-order valence-electron chi connectivity index (χ4n) is 2.11. The minimum absolute atomic E-state index is 0.109. The molecule has 0 spiro atoms. The van der Waals surface area contributed by atoms with E-state index in [1.807, 2.05) is 30.4 Å². The smallest absolute Gasteiger partial charge is 0.271 e. The van der Waals surface area contributed by atoms with Crippen LogP contribution in [0.3, 0.4) is 0 Å². The Bertz CT molecular complexity index is 839. The van der Waals surface area contributed by atoms with Gasteiger partial charge in [-0.1, -0.05) is 24.3 Å². The first-order valence-corrected chi connectivity index (χ1v) is 7.58. The highest BCUT2D eigenvalue weighted by molar-refractivity contribution is 5.94. The van der Waals surface area contributed by atoms with Gasteiger partial charge in [-0.05, 0) is 48.0 Å². The molecule has 0 atom stereocenters. The number of nitrogens with zero attached hydrogens (tertiary/aromatic N) is 1. The van der Waals surface area contributed by atoms with E-state index in [0.29, 0.717) is 5.56 Å². The van der Waals surface area contributed by atoms with Gasteiger partial charge in [0.15, 0.2) is 11.5 Å². The molecule has 3 rings (SSSR count). The van der Waals surface area contributed by atoms with E-state index in [-0.39, 0.29) is 18.4 Å². The number of hydrogen-bond acceptors (Lipinski definition) is 5. The van der Waals surface area contributed by atoms with Gasteiger partial charge >= 0.3 is 0 Å². The summed E-state index contributed by atoms with van der Waals surface area (Å²) in [7, 11) is 0. The average Bonchev–Trinajstić information content (AvgIpc) is 3.09. The summed E-state index contributed by atoms with van der Waals surface area (Å²) in [6.07, 6.45) is 8.73. The largest absolute Gasteiger partial charge is 0.508 e. The van der Waals surface area contributed by atoms with Crippen molar-refractivity contribution in [2.45, 2.75) is 0 Å². The van der Waals surface area contributed by atoms with E-state index in [2.05, 4.69) is 10.5 Å². The van der Waals surface area contributed by atoms with Crippen LogP contribution in [0.4, 0.5) is 0 Å². The Morgan fingerprint density at radius 1 is 1.04 bits per heavy atom. The summed E-state index contributed by atoms with van der Waals surface area (Å²) in [5, 5.41) is 13.0. The standard InChI is InChI=1S/C19H16N2O4/c22-16-8-6-15(7-9-16)19(23)21-20-11-3-1-2-4-14-5-10-17-18(12-14)25-13-24-17/h1-12,22H,13H2,(H,21,23)/b3-1+,4-2+,20-11+. The summed E-state index contributed by atoms with van der Waals surface area (Å²) in [5.41, 5.74) is 3.81. The van der Waals surface area contributed by atoms with Crippen molar-refractivity contribution in [2.24, 2.45) is 5.10 Å². The average molecular weight is 336 g/mol. The van der Waals surface area contributed by atoms with Crippen LogP contribution in [0.15, 0.2) is 65.8 Å². The van der Waals surface area contributed by atoms with E-state index in [0.717, 1.165) is 17.1 Å². The Balaban J connectivity index is 1.47. The molecule has 0 unspecified atom stereocenters. The summed E-state index contributed by atoms with van der Waals surface area (Å²) >= 11 is 0. The molecule has 0 aliphatic carbocycles. The number of amides is 1. The molecule has 1 aliphatic heterocycles. The van der Waals surface area contributed by atoms with Crippen LogP contribution in [-0.2, 0) is 0 Å². The first-order valence-electron chi connectivity index (χ1n) is 7.58. The summed E-state index contributed by atoms with van der Waals surface area (Å²) in [4.78, 5) is 11.8. The molecule has 0 saturated carbocycles. The highest BCUT2D eigenvalue weighted by Crippen LogP contribution is 2.32. The minimum Gasteiger partial charge on any atom is -0.508 e. The quantitative estimate of drug-likeness (QED) is 0.499. The highest BCUT2D eigenvalue weighted by atomic mass is 16.7. The van der Waals surface area contributed by atoms with Crippen molar-refractivity contribution in [2.75, 3.05) is 6.79 Å². The molecule has 0 saturated heterocycles. The van der Waals surface area contributed by atoms with Crippen LogP contribution in [0, 0.1) is 0 Å². The van der Waals surface area contributed by atoms with Crippen LogP contribution in [-0.4, -0.2) is 24.0 Å². The molecule has 1 aliphatic rings. The Kier molecular flexibility index (Phi) is 5.11. The maximum absolute atomic E-state index is 11.8. The zero-order valence-electron chi connectivity index (χ0n) is 13.3. The van der Waals surface area contributed by atoms with Gasteiger partial charge in [-0.3, -0.25) is 4.79 Å². The number of carbonyl (C=O) groups is 1. The van der Waals surface area contributed by atoms with Crippen molar-refractivity contribution < 1.29 is 19.4 Å². The lowest BCUT2D eigenvalue weighted by atomic mass is 10.2. The second-order valence-electron chi connectivity index (χ2n) is 5.12. The molecular weight excluding hydrogens is 320 g/mol. The number of rotatable bonds is 5. The number of fused-ring (bicyclic) bond motifs is 1. The van der Waals surface area contributed by atoms with Crippen LogP contribution in [0.2, 0.25) is 0 Å². The topological polar surface area (TPSA) is 80.2 Å². The van der Waals surface area contributed by atoms with Gasteiger partial charge in [0.2, 0.25) is 6.79 Å². The summed E-state index contributed by atoms with van der Waals surface area (Å²) in [5.74, 6) is 1.26. The molecule has 0 fully saturated rings. The van der Waals surface area contributed by atoms with E-state index < -0.39 is 0 Å². The first kappa shape index (κ1) is 16.3. The maximum Gasteiger partial charge on any atom is 0.271 e. The van der Waals surface area contributed by atoms with E-state index >= 15 is 0 Å². The Morgan fingerprint density at radius 2 is 1.84 bits per heavy atom. The van der Waals surface area contributed by atoms with Crippen LogP contribution in [0.5, 0.6) is 17.2 Å². The summed E-state index contributed by atoms with van der Waals surface area (Å²) < 4.78 is 10.6. The number of hydrazone groups is 1. The van der Waals surface area contributed by atoms with Crippen LogP contribution in [0.1, 0.15) is 15.9 Å². The van der Waals surface area contributed by atoms with E-state index in [4.69, 9.17) is 9.47 Å². The number of aromatic hydroxyl groups is 1. The summed E-state index contributed by atoms with van der Waals surface area (Å²) in [6, 6.07) is 11.6. The second kappa shape index (κ2) is 7.83. The third-order valence-corrected chi connectivity index (χ3v) is 3.36. The maximum atomic E-state index is 11.8. The van der Waals surface area contributed by atoms with Crippen LogP contribution < -0.4 is 14.9 Å². The fourth-order valence-corrected chi connectivity index (χ4v) is 2.11. The number of ether oxygens (including phenoxy) is 2. The van der Waals surface area contributed by atoms with Gasteiger partial charge < -0.3 is 14.6 Å². The van der Waals surface area contributed by atoms with Crippen LogP contribution >= 0.6 is 0 Å². The molecule has 2 aromatic rings. The molecule has 0 radical (unpaired) electrons. The highest BCUT2D eigenvalue weighted by Gasteiger charge is 2.11. The lowest BCUT2D eigenvalue weighted by molar-refractivity contribution is 0.0955. The SMILES string of the molecule is O=C(N/N=C/C=C/C=C/c1ccc2c(c1)OCO2)c1ccc(O)cc1. The summed E-state index contributed by atoms with van der Waals surface area (Å²) in [6.45, 7) is 0.259. The molecule has 25 heavy (non-hydrogen) atoms. The lowest BCUT2D eigenvalue weighted by Crippen LogP contribution is -2.16. The molecule has 1 heterocycles. The number of nitrogens with one attached hydrogen (secondary N) is 1. The van der Waals surface area contributed by atoms with Gasteiger partial charge in [-0.25, -0.2) is 5.43 Å². The van der Waals surface area contributed by atoms with Crippen molar-refractivity contribution in [3.8, 4) is 17.2 Å². The van der Waals surface area contributed by atoms with E-state index in [1.165, 1.54) is 30.5 Å². The van der Waals surface area contributed by atoms with Crippen LogP contribution in [0.25, 0.3) is 6.08 Å². The third-order valence-electron chi connectivity index (χ3n) is 3.36. The zero-order valence-corrected chi connectivity index (χ0v) is 13.3. The first-order chi connectivity index (χ1) is 12.2. The molecule has 6 heteroatoms. The zero-order chi connectivity index (χ0) is 17.5. The van der Waals surface area contributed by atoms with Crippen molar-refractivity contribution in [1.29, 1.82) is 0 Å². The number of phenols is 1. The molecule has 0 bridgehead atoms. The van der Waals surface area contributed by atoms with Gasteiger partial charge in [0.1, 0.15) is 5.75 Å². The fraction of sp³-hybridized carbons (Fsp3) is 0.0526. The van der Waals surface area contributed by atoms with Crippen molar-refractivity contribution >= 4 is 18.2 Å². The molecule has 2 aromatic carbocycles. The van der Waals surface area contributed by atoms with Gasteiger partial charge in [0.25, 0.3) is 5.91 Å². The molecule has 6 nitrogen and oxygen atoms in total. The van der Waals surface area contributed by atoms with Gasteiger partial charge in [-0.2, -0.15) is 5.10 Å². The molecule has 0 aromatic heterocycles. The normalized spacial score (nSPS) is 13.1. The monoisotopic (exact) mass is 336 g/mol. The van der Waals surface area contributed by atoms with Gasteiger partial charge in [-0.15, -0.1) is 0 Å². The number of hydrogen-bond donors (Lipinski definition) is 2. The van der Waals surface area contributed by atoms with E-state index in [9.17, 15) is 9.90 Å². The van der Waals surface area contributed by atoms with Crippen molar-refractivity contribution in [1.82, 2.24) is 5.43 Å². The Morgan fingerprint density at radius 3 is 2.68 bits per heavy atom. The Labute approximate surface area is 144 Å². The lowest BCUT2D eigenvalue weighted by Gasteiger charge is -1.98. The number of benzene rings is 2. The van der Waals surface area contributed by atoms with Crippen molar-refractivity contribution in [3.63, 3.8) is 0 Å². The minimum atomic E-state index is -0.347. The van der Waals surface area contributed by atoms with Gasteiger partial charge in [0, 0.05) is 11.8 Å². The van der Waals surface area contributed by atoms with E-state index in [1.54, 1.807) is 12.2 Å². The molecule has 126 valence electrons. The Hall–Kier alpha value is -3.54. The molecule has 2 N–H and O–H groups in total. The third kappa shape index (κ3) is 4.48. The van der Waals surface area contributed by atoms with Gasteiger partial charge in [0.05, 0.1) is 0 Å². The molecule has 1 amide bonds. The second-order valence-corrected chi connectivity index (χ2v) is 5.12.